The minimum atomic E-state index is -1.67. The summed E-state index contributed by atoms with van der Waals surface area (Å²) in [6, 6.07) is 19.4. The lowest BCUT2D eigenvalue weighted by molar-refractivity contribution is -0.226. The highest BCUT2D eigenvalue weighted by Gasteiger charge is 2.41. The molecule has 2 aliphatic rings. The Balaban J connectivity index is 1.69. The Bertz CT molecular complexity index is 1300. The van der Waals surface area contributed by atoms with Crippen molar-refractivity contribution in [3.63, 3.8) is 0 Å². The zero-order valence-corrected chi connectivity index (χ0v) is 25.9. The monoisotopic (exact) mass is 576 g/mol. The van der Waals surface area contributed by atoms with Gasteiger partial charge in [-0.1, -0.05) is 71.0 Å². The second-order valence-corrected chi connectivity index (χ2v) is 12.9. The summed E-state index contributed by atoms with van der Waals surface area (Å²) in [6.45, 7) is 12.8. The van der Waals surface area contributed by atoms with Crippen molar-refractivity contribution in [3.8, 4) is 11.5 Å². The van der Waals surface area contributed by atoms with Gasteiger partial charge >= 0.3 is 0 Å². The first kappa shape index (κ1) is 30.5. The summed E-state index contributed by atoms with van der Waals surface area (Å²) >= 11 is 0. The molecule has 0 amide bonds. The summed E-state index contributed by atoms with van der Waals surface area (Å²) in [6.07, 6.45) is -0.304. The Hall–Kier alpha value is -2.94. The van der Waals surface area contributed by atoms with Crippen LogP contribution in [-0.4, -0.2) is 45.8 Å². The van der Waals surface area contributed by atoms with Crippen molar-refractivity contribution in [2.75, 3.05) is 40.6 Å². The molecule has 5 rings (SSSR count). The minimum absolute atomic E-state index is 0.0700. The highest BCUT2D eigenvalue weighted by molar-refractivity contribution is 5.58. The van der Waals surface area contributed by atoms with Gasteiger partial charge in [-0.3, -0.25) is 0 Å². The molecule has 3 aromatic carbocycles. The third-order valence-electron chi connectivity index (χ3n) is 8.03. The highest BCUT2D eigenvalue weighted by Crippen LogP contribution is 2.47. The first-order valence-electron chi connectivity index (χ1n) is 14.6. The summed E-state index contributed by atoms with van der Waals surface area (Å²) in [5.41, 5.74) is 2.66. The zero-order chi connectivity index (χ0) is 30.1. The molecule has 2 heterocycles. The van der Waals surface area contributed by atoms with E-state index in [2.05, 4.69) is 40.7 Å². The van der Waals surface area contributed by atoms with E-state index in [0.717, 1.165) is 23.1 Å². The SMILES string of the molecule is CCc1cccc(C(O)(c2cc(C3OCC(C)(C)CO3)ccc2OC)c2cc(C3OCC(C)(C)CO3)ccc2OC)c1. The molecular weight excluding hydrogens is 532 g/mol. The van der Waals surface area contributed by atoms with E-state index in [0.29, 0.717) is 54.6 Å². The van der Waals surface area contributed by atoms with E-state index >= 15 is 0 Å². The predicted molar refractivity (Wildman–Crippen MR) is 161 cm³/mol. The van der Waals surface area contributed by atoms with Gasteiger partial charge in [0.05, 0.1) is 40.6 Å². The number of ether oxygens (including phenoxy) is 6. The molecule has 0 radical (unpaired) electrons. The maximum atomic E-state index is 13.2. The van der Waals surface area contributed by atoms with Gasteiger partial charge in [0, 0.05) is 33.1 Å². The van der Waals surface area contributed by atoms with Crippen LogP contribution in [0.5, 0.6) is 11.5 Å². The second-order valence-electron chi connectivity index (χ2n) is 12.9. The van der Waals surface area contributed by atoms with Crippen molar-refractivity contribution in [1.82, 2.24) is 0 Å². The van der Waals surface area contributed by atoms with Crippen LogP contribution in [0, 0.1) is 10.8 Å². The molecule has 226 valence electrons. The number of aliphatic hydroxyl groups is 1. The van der Waals surface area contributed by atoms with E-state index in [1.165, 1.54) is 0 Å². The number of methoxy groups -OCH3 is 2. The summed E-state index contributed by atoms with van der Waals surface area (Å²) < 4.78 is 36.3. The average molecular weight is 577 g/mol. The molecule has 2 saturated heterocycles. The number of benzene rings is 3. The zero-order valence-electron chi connectivity index (χ0n) is 25.9. The molecular formula is C35H44O7. The van der Waals surface area contributed by atoms with E-state index in [4.69, 9.17) is 28.4 Å². The standard InChI is InChI=1S/C35H44O7/c1-8-23-10-9-11-26(16-23)35(36,27-17-24(12-14-29(27)37-6)31-39-19-33(2,3)20-40-31)28-18-25(13-15-30(28)38-7)32-41-21-34(4,5)22-42-32/h9-18,31-32,36H,8,19-22H2,1-7H3. The van der Waals surface area contributed by atoms with E-state index in [9.17, 15) is 5.11 Å². The molecule has 0 spiro atoms. The first-order valence-corrected chi connectivity index (χ1v) is 14.6. The van der Waals surface area contributed by atoms with Crippen molar-refractivity contribution >= 4 is 0 Å². The molecule has 7 nitrogen and oxygen atoms in total. The number of rotatable bonds is 8. The fraction of sp³-hybridized carbons (Fsp3) is 0.486. The Morgan fingerprint density at radius 3 is 1.57 bits per heavy atom. The number of hydrogen-bond acceptors (Lipinski definition) is 7. The van der Waals surface area contributed by atoms with Crippen LogP contribution in [0.3, 0.4) is 0 Å². The highest BCUT2D eigenvalue weighted by atomic mass is 16.7. The third-order valence-corrected chi connectivity index (χ3v) is 8.03. The Kier molecular flexibility index (Phi) is 8.70. The molecule has 42 heavy (non-hydrogen) atoms. The van der Waals surface area contributed by atoms with Gasteiger partial charge in [-0.15, -0.1) is 0 Å². The van der Waals surface area contributed by atoms with Gasteiger partial charge in [0.15, 0.2) is 12.6 Å². The van der Waals surface area contributed by atoms with Crippen molar-refractivity contribution < 1.29 is 33.5 Å². The van der Waals surface area contributed by atoms with Crippen LogP contribution in [0.15, 0.2) is 60.7 Å². The van der Waals surface area contributed by atoms with Crippen molar-refractivity contribution in [2.24, 2.45) is 10.8 Å². The van der Waals surface area contributed by atoms with Gasteiger partial charge in [-0.25, -0.2) is 0 Å². The van der Waals surface area contributed by atoms with Crippen molar-refractivity contribution in [1.29, 1.82) is 0 Å². The summed E-state index contributed by atoms with van der Waals surface area (Å²) in [5, 5.41) is 13.2. The average Bonchev–Trinajstić information content (AvgIpc) is 3.00. The molecule has 0 saturated carbocycles. The fourth-order valence-electron chi connectivity index (χ4n) is 5.55. The maximum absolute atomic E-state index is 13.2. The number of aryl methyl sites for hydroxylation is 1. The molecule has 0 bridgehead atoms. The van der Waals surface area contributed by atoms with Gasteiger partial charge in [0.1, 0.15) is 17.1 Å². The van der Waals surface area contributed by atoms with Gasteiger partial charge in [-0.05, 0) is 41.8 Å². The molecule has 0 atom stereocenters. The van der Waals surface area contributed by atoms with E-state index in [1.54, 1.807) is 14.2 Å². The van der Waals surface area contributed by atoms with E-state index in [1.807, 2.05) is 54.6 Å². The molecule has 0 aromatic heterocycles. The van der Waals surface area contributed by atoms with Crippen LogP contribution in [0.1, 0.15) is 80.6 Å². The molecule has 2 aliphatic heterocycles. The Labute approximate surface area is 249 Å². The summed E-state index contributed by atoms with van der Waals surface area (Å²) in [4.78, 5) is 0. The topological polar surface area (TPSA) is 75.6 Å². The van der Waals surface area contributed by atoms with Crippen molar-refractivity contribution in [3.05, 3.63) is 94.0 Å². The normalized spacial score (nSPS) is 19.4. The lowest BCUT2D eigenvalue weighted by atomic mass is 9.77. The largest absolute Gasteiger partial charge is 0.496 e. The lowest BCUT2D eigenvalue weighted by Gasteiger charge is -2.37. The molecule has 3 aromatic rings. The first-order chi connectivity index (χ1) is 20.0. The second kappa shape index (κ2) is 12.0. The van der Waals surface area contributed by atoms with E-state index in [-0.39, 0.29) is 10.8 Å². The smallest absolute Gasteiger partial charge is 0.183 e. The van der Waals surface area contributed by atoms with Gasteiger partial charge < -0.3 is 33.5 Å². The molecule has 0 aliphatic carbocycles. The molecule has 0 unspecified atom stereocenters. The van der Waals surface area contributed by atoms with Crippen LogP contribution in [0.25, 0.3) is 0 Å². The summed E-state index contributed by atoms with van der Waals surface area (Å²) in [7, 11) is 3.22. The van der Waals surface area contributed by atoms with E-state index < -0.39 is 18.2 Å². The van der Waals surface area contributed by atoms with Gasteiger partial charge in [-0.2, -0.15) is 0 Å². The quantitative estimate of drug-likeness (QED) is 0.299. The van der Waals surface area contributed by atoms with Crippen LogP contribution in [0.2, 0.25) is 0 Å². The minimum Gasteiger partial charge on any atom is -0.496 e. The van der Waals surface area contributed by atoms with Crippen LogP contribution in [0.4, 0.5) is 0 Å². The van der Waals surface area contributed by atoms with Crippen LogP contribution < -0.4 is 9.47 Å². The third kappa shape index (κ3) is 6.08. The van der Waals surface area contributed by atoms with Crippen LogP contribution in [-0.2, 0) is 31.0 Å². The number of hydrogen-bond donors (Lipinski definition) is 1. The molecule has 1 N–H and O–H groups in total. The summed E-state index contributed by atoms with van der Waals surface area (Å²) in [5.74, 6) is 1.05. The molecule has 7 heteroatoms. The fourth-order valence-corrected chi connectivity index (χ4v) is 5.55. The van der Waals surface area contributed by atoms with Gasteiger partial charge in [0.2, 0.25) is 0 Å². The van der Waals surface area contributed by atoms with Crippen LogP contribution >= 0.6 is 0 Å². The molecule has 2 fully saturated rings. The lowest BCUT2D eigenvalue weighted by Crippen LogP contribution is -2.35. The Morgan fingerprint density at radius 2 is 1.17 bits per heavy atom. The van der Waals surface area contributed by atoms with Crippen molar-refractivity contribution in [2.45, 2.75) is 59.2 Å². The Morgan fingerprint density at radius 1 is 0.714 bits per heavy atom. The van der Waals surface area contributed by atoms with Gasteiger partial charge in [0.25, 0.3) is 0 Å². The maximum Gasteiger partial charge on any atom is 0.183 e. The predicted octanol–water partition coefficient (Wildman–Crippen LogP) is 6.69.